The van der Waals surface area contributed by atoms with Crippen molar-refractivity contribution in [3.8, 4) is 0 Å². The molecule has 64 valence electrons. The highest BCUT2D eigenvalue weighted by Crippen LogP contribution is 2.23. The second-order valence-corrected chi connectivity index (χ2v) is 2.81. The number of ketones is 1. The average Bonchev–Trinajstić information content (AvgIpc) is 2.15. The Labute approximate surface area is 75.1 Å². The van der Waals surface area contributed by atoms with Gasteiger partial charge in [-0.2, -0.15) is 0 Å². The Balaban J connectivity index is 2.62. The van der Waals surface area contributed by atoms with Crippen LogP contribution in [0.25, 0.3) is 0 Å². The second-order valence-electron chi connectivity index (χ2n) is 2.81. The Morgan fingerprint density at radius 1 is 1.15 bits per heavy atom. The number of fused-ring (bicyclic) bond motifs is 1. The van der Waals surface area contributed by atoms with Gasteiger partial charge in [0.1, 0.15) is 0 Å². The molecule has 1 amide bonds. The van der Waals surface area contributed by atoms with Gasteiger partial charge in [-0.1, -0.05) is 18.7 Å². The average molecular weight is 173 g/mol. The number of Topliss-reactive ketones (excluding diaryl/α,β-unsaturated/α-hetero) is 1. The number of hydrogen-bond acceptors (Lipinski definition) is 2. The van der Waals surface area contributed by atoms with E-state index in [9.17, 15) is 9.59 Å². The van der Waals surface area contributed by atoms with Gasteiger partial charge in [-0.25, -0.2) is 0 Å². The lowest BCUT2D eigenvalue weighted by molar-refractivity contribution is -0.112. The zero-order valence-corrected chi connectivity index (χ0v) is 6.83. The quantitative estimate of drug-likeness (QED) is 0.476. The van der Waals surface area contributed by atoms with E-state index in [1.807, 2.05) is 0 Å². The standard InChI is InChI=1S/C10H7NO2/c1-6-9(12)7-4-2-3-5-8(7)11-10(6)13/h2-5H,1H2,(H,11,13). The molecule has 1 aliphatic rings. The van der Waals surface area contributed by atoms with Crippen molar-refractivity contribution in [3.05, 3.63) is 42.0 Å². The maximum absolute atomic E-state index is 11.5. The molecule has 1 aromatic rings. The number of carbonyl (C=O) groups is 2. The van der Waals surface area contributed by atoms with E-state index < -0.39 is 5.91 Å². The van der Waals surface area contributed by atoms with Crippen LogP contribution in [-0.2, 0) is 4.79 Å². The lowest BCUT2D eigenvalue weighted by Gasteiger charge is -2.16. The van der Waals surface area contributed by atoms with Gasteiger partial charge in [0.2, 0.25) is 0 Å². The van der Waals surface area contributed by atoms with Crippen LogP contribution in [0, 0.1) is 0 Å². The van der Waals surface area contributed by atoms with Crippen molar-refractivity contribution in [1.82, 2.24) is 0 Å². The molecule has 0 atom stereocenters. The maximum atomic E-state index is 11.5. The van der Waals surface area contributed by atoms with E-state index >= 15 is 0 Å². The van der Waals surface area contributed by atoms with E-state index in [1.165, 1.54) is 0 Å². The number of rotatable bonds is 0. The maximum Gasteiger partial charge on any atom is 0.259 e. The van der Waals surface area contributed by atoms with Gasteiger partial charge in [-0.3, -0.25) is 9.59 Å². The van der Waals surface area contributed by atoms with Crippen LogP contribution >= 0.6 is 0 Å². The topological polar surface area (TPSA) is 46.2 Å². The van der Waals surface area contributed by atoms with Crippen molar-refractivity contribution in [2.75, 3.05) is 5.32 Å². The molecule has 1 N–H and O–H groups in total. The van der Waals surface area contributed by atoms with Crippen LogP contribution in [0.3, 0.4) is 0 Å². The summed E-state index contributed by atoms with van der Waals surface area (Å²) in [5, 5.41) is 2.58. The third-order valence-corrected chi connectivity index (χ3v) is 1.97. The minimum Gasteiger partial charge on any atom is -0.321 e. The van der Waals surface area contributed by atoms with Gasteiger partial charge in [-0.05, 0) is 12.1 Å². The molecule has 0 bridgehead atoms. The number of anilines is 1. The normalized spacial score (nSPS) is 15.2. The first-order chi connectivity index (χ1) is 6.20. The lowest BCUT2D eigenvalue weighted by Crippen LogP contribution is -2.26. The van der Waals surface area contributed by atoms with E-state index in [2.05, 4.69) is 11.9 Å². The molecule has 13 heavy (non-hydrogen) atoms. The molecule has 0 aromatic heterocycles. The van der Waals surface area contributed by atoms with Crippen LogP contribution < -0.4 is 5.32 Å². The molecule has 0 saturated carbocycles. The first-order valence-electron chi connectivity index (χ1n) is 3.84. The number of carbonyl (C=O) groups excluding carboxylic acids is 2. The Kier molecular flexibility index (Phi) is 1.52. The number of para-hydroxylation sites is 1. The van der Waals surface area contributed by atoms with Crippen molar-refractivity contribution >= 4 is 17.4 Å². The molecule has 1 aliphatic heterocycles. The molecule has 0 spiro atoms. The first-order valence-corrected chi connectivity index (χ1v) is 3.84. The van der Waals surface area contributed by atoms with E-state index in [0.29, 0.717) is 11.3 Å². The van der Waals surface area contributed by atoms with Gasteiger partial charge in [0.05, 0.1) is 11.3 Å². The summed E-state index contributed by atoms with van der Waals surface area (Å²) in [4.78, 5) is 22.6. The van der Waals surface area contributed by atoms with Gasteiger partial charge in [0.15, 0.2) is 5.78 Å². The molecular formula is C10H7NO2. The van der Waals surface area contributed by atoms with E-state index in [0.717, 1.165) is 0 Å². The Hall–Kier alpha value is -1.90. The number of hydrogen-bond donors (Lipinski definition) is 1. The Bertz CT molecular complexity index is 421. The highest BCUT2D eigenvalue weighted by Gasteiger charge is 2.25. The lowest BCUT2D eigenvalue weighted by atomic mass is 9.98. The Morgan fingerprint density at radius 3 is 2.62 bits per heavy atom. The van der Waals surface area contributed by atoms with Gasteiger partial charge >= 0.3 is 0 Å². The molecule has 0 saturated heterocycles. The molecule has 0 aliphatic carbocycles. The zero-order chi connectivity index (χ0) is 9.42. The summed E-state index contributed by atoms with van der Waals surface area (Å²) in [6.45, 7) is 3.41. The van der Waals surface area contributed by atoms with E-state index in [1.54, 1.807) is 24.3 Å². The summed E-state index contributed by atoms with van der Waals surface area (Å²) < 4.78 is 0. The summed E-state index contributed by atoms with van der Waals surface area (Å²) >= 11 is 0. The van der Waals surface area contributed by atoms with Gasteiger partial charge < -0.3 is 5.32 Å². The van der Waals surface area contributed by atoms with Gasteiger partial charge in [-0.15, -0.1) is 0 Å². The molecular weight excluding hydrogens is 166 g/mol. The molecule has 2 rings (SSSR count). The van der Waals surface area contributed by atoms with Crippen LogP contribution in [0.5, 0.6) is 0 Å². The minimum atomic E-state index is -0.413. The van der Waals surface area contributed by atoms with Crippen molar-refractivity contribution in [3.63, 3.8) is 0 Å². The molecule has 0 fully saturated rings. The van der Waals surface area contributed by atoms with Crippen LogP contribution in [0.15, 0.2) is 36.4 Å². The molecule has 1 heterocycles. The predicted octanol–water partition coefficient (Wildman–Crippen LogP) is 1.38. The van der Waals surface area contributed by atoms with E-state index in [-0.39, 0.29) is 11.4 Å². The SMILES string of the molecule is C=C1C(=O)Nc2ccccc2C1=O. The summed E-state index contributed by atoms with van der Waals surface area (Å²) in [5.74, 6) is -0.706. The van der Waals surface area contributed by atoms with Crippen LogP contribution in [0.1, 0.15) is 10.4 Å². The minimum absolute atomic E-state index is 0.00120. The van der Waals surface area contributed by atoms with Crippen LogP contribution in [0.2, 0.25) is 0 Å². The van der Waals surface area contributed by atoms with Gasteiger partial charge in [0, 0.05) is 5.56 Å². The summed E-state index contributed by atoms with van der Waals surface area (Å²) in [7, 11) is 0. The van der Waals surface area contributed by atoms with Crippen LogP contribution in [0.4, 0.5) is 5.69 Å². The monoisotopic (exact) mass is 173 g/mol. The zero-order valence-electron chi connectivity index (χ0n) is 6.83. The van der Waals surface area contributed by atoms with Crippen molar-refractivity contribution < 1.29 is 9.59 Å². The fourth-order valence-electron chi connectivity index (χ4n) is 1.25. The van der Waals surface area contributed by atoms with Crippen molar-refractivity contribution in [2.45, 2.75) is 0 Å². The molecule has 0 unspecified atom stereocenters. The van der Waals surface area contributed by atoms with E-state index in [4.69, 9.17) is 0 Å². The summed E-state index contributed by atoms with van der Waals surface area (Å²) in [6, 6.07) is 6.88. The number of nitrogens with one attached hydrogen (secondary N) is 1. The first kappa shape index (κ1) is 7.73. The van der Waals surface area contributed by atoms with Crippen LogP contribution in [-0.4, -0.2) is 11.7 Å². The Morgan fingerprint density at radius 2 is 1.85 bits per heavy atom. The molecule has 3 heteroatoms. The largest absolute Gasteiger partial charge is 0.321 e. The summed E-state index contributed by atoms with van der Waals surface area (Å²) in [5.41, 5.74) is 1.07. The smallest absolute Gasteiger partial charge is 0.259 e. The predicted molar refractivity (Wildman–Crippen MR) is 48.5 cm³/mol. The summed E-state index contributed by atoms with van der Waals surface area (Å²) in [6.07, 6.45) is 0. The number of amides is 1. The highest BCUT2D eigenvalue weighted by molar-refractivity contribution is 6.33. The second kappa shape index (κ2) is 2.55. The molecule has 3 nitrogen and oxygen atoms in total. The highest BCUT2D eigenvalue weighted by atomic mass is 16.2. The third-order valence-electron chi connectivity index (χ3n) is 1.97. The van der Waals surface area contributed by atoms with Crippen molar-refractivity contribution in [1.29, 1.82) is 0 Å². The van der Waals surface area contributed by atoms with Crippen molar-refractivity contribution in [2.24, 2.45) is 0 Å². The van der Waals surface area contributed by atoms with Gasteiger partial charge in [0.25, 0.3) is 5.91 Å². The molecule has 1 aromatic carbocycles. The third kappa shape index (κ3) is 1.05. The fraction of sp³-hybridized carbons (Fsp3) is 0. The number of benzene rings is 1. The molecule has 0 radical (unpaired) electrons. The fourth-order valence-corrected chi connectivity index (χ4v) is 1.25.